The molecule has 0 aliphatic carbocycles. The third-order valence-electron chi connectivity index (χ3n) is 5.11. The van der Waals surface area contributed by atoms with Crippen molar-refractivity contribution in [2.45, 2.75) is 19.8 Å². The maximum absolute atomic E-state index is 5.89. The Morgan fingerprint density at radius 3 is 1.96 bits per heavy atom. The summed E-state index contributed by atoms with van der Waals surface area (Å²) in [5.74, 6) is 1.25. The molecule has 0 aliphatic heterocycles. The average Bonchev–Trinajstić information content (AvgIpc) is 3.23. The second-order valence-electron chi connectivity index (χ2n) is 7.27. The van der Waals surface area contributed by atoms with Crippen molar-refractivity contribution in [3.8, 4) is 33.8 Å². The van der Waals surface area contributed by atoms with Gasteiger partial charge < -0.3 is 9.30 Å². The van der Waals surface area contributed by atoms with Crippen molar-refractivity contribution in [3.63, 3.8) is 0 Å². The molecule has 0 fully saturated rings. The summed E-state index contributed by atoms with van der Waals surface area (Å²) in [6, 6.07) is 29.7. The van der Waals surface area contributed by atoms with Crippen LogP contribution in [0.5, 0.6) is 5.75 Å². The zero-order valence-corrected chi connectivity index (χ0v) is 16.6. The highest BCUT2D eigenvalue weighted by atomic mass is 16.5. The summed E-state index contributed by atoms with van der Waals surface area (Å²) in [5.41, 5.74) is 7.11. The normalized spacial score (nSPS) is 11.0. The van der Waals surface area contributed by atoms with Gasteiger partial charge in [-0.15, -0.1) is 0 Å². The van der Waals surface area contributed by atoms with E-state index in [1.807, 2.05) is 12.1 Å². The predicted octanol–water partition coefficient (Wildman–Crippen LogP) is 6.94. The quantitative estimate of drug-likeness (QED) is 0.372. The Balaban J connectivity index is 1.95. The topological polar surface area (TPSA) is 14.2 Å². The molecule has 1 heterocycles. The average molecular weight is 367 g/mol. The molecule has 0 aliphatic rings. The molecule has 3 aromatic carbocycles. The minimum absolute atomic E-state index is 0.360. The van der Waals surface area contributed by atoms with E-state index in [0.29, 0.717) is 5.92 Å². The molecule has 0 saturated heterocycles. The van der Waals surface area contributed by atoms with E-state index in [-0.39, 0.29) is 0 Å². The highest BCUT2D eigenvalue weighted by Gasteiger charge is 2.19. The van der Waals surface area contributed by atoms with Gasteiger partial charge in [-0.2, -0.15) is 0 Å². The zero-order chi connectivity index (χ0) is 19.5. The molecule has 2 heteroatoms. The first kappa shape index (κ1) is 18.1. The fourth-order valence-corrected chi connectivity index (χ4v) is 3.70. The third-order valence-corrected chi connectivity index (χ3v) is 5.11. The Morgan fingerprint density at radius 1 is 0.714 bits per heavy atom. The fourth-order valence-electron chi connectivity index (χ4n) is 3.70. The van der Waals surface area contributed by atoms with Crippen LogP contribution < -0.4 is 4.74 Å². The Hall–Kier alpha value is -3.26. The van der Waals surface area contributed by atoms with Crippen LogP contribution in [0.2, 0.25) is 0 Å². The van der Waals surface area contributed by atoms with E-state index in [1.165, 1.54) is 22.3 Å². The largest absolute Gasteiger partial charge is 0.495 e. The predicted molar refractivity (Wildman–Crippen MR) is 117 cm³/mol. The number of aromatic nitrogens is 1. The van der Waals surface area contributed by atoms with Crippen LogP contribution in [0.4, 0.5) is 0 Å². The van der Waals surface area contributed by atoms with E-state index >= 15 is 0 Å². The molecule has 1 aromatic heterocycles. The van der Waals surface area contributed by atoms with Crippen LogP contribution in [0.15, 0.2) is 91.1 Å². The van der Waals surface area contributed by atoms with Crippen LogP contribution in [0.25, 0.3) is 28.1 Å². The number of hydrogen-bond donors (Lipinski definition) is 0. The van der Waals surface area contributed by atoms with E-state index in [9.17, 15) is 0 Å². The van der Waals surface area contributed by atoms with E-state index in [1.54, 1.807) is 7.11 Å². The molecule has 0 spiro atoms. The van der Waals surface area contributed by atoms with E-state index in [2.05, 4.69) is 97.4 Å². The van der Waals surface area contributed by atoms with E-state index < -0.39 is 0 Å². The molecular formula is C26H25NO. The van der Waals surface area contributed by atoms with Crippen molar-refractivity contribution in [3.05, 3.63) is 96.7 Å². The lowest BCUT2D eigenvalue weighted by molar-refractivity contribution is 0.412. The summed E-state index contributed by atoms with van der Waals surface area (Å²) in [5, 5.41) is 0. The molecule has 28 heavy (non-hydrogen) atoms. The molecule has 4 rings (SSSR count). The standard InChI is InChI=1S/C26H25NO/c1-19(2)23-17-22(20-11-6-4-7-12-20)18-25(28-3)26(23)27-16-10-15-24(27)21-13-8-5-9-14-21/h4-19H,1-3H3. The number of benzene rings is 3. The van der Waals surface area contributed by atoms with Crippen molar-refractivity contribution in [1.82, 2.24) is 4.57 Å². The second-order valence-corrected chi connectivity index (χ2v) is 7.27. The fraction of sp³-hybridized carbons (Fsp3) is 0.154. The van der Waals surface area contributed by atoms with Crippen molar-refractivity contribution in [1.29, 1.82) is 0 Å². The Bertz CT molecular complexity index is 1060. The Morgan fingerprint density at radius 2 is 1.36 bits per heavy atom. The van der Waals surface area contributed by atoms with Crippen molar-refractivity contribution in [2.24, 2.45) is 0 Å². The van der Waals surface area contributed by atoms with Crippen LogP contribution in [0.3, 0.4) is 0 Å². The Labute approximate surface area is 167 Å². The molecule has 0 saturated carbocycles. The van der Waals surface area contributed by atoms with Crippen LogP contribution in [-0.4, -0.2) is 11.7 Å². The van der Waals surface area contributed by atoms with Crippen LogP contribution in [0.1, 0.15) is 25.3 Å². The molecule has 140 valence electrons. The van der Waals surface area contributed by atoms with Crippen molar-refractivity contribution < 1.29 is 4.74 Å². The van der Waals surface area contributed by atoms with Crippen LogP contribution >= 0.6 is 0 Å². The van der Waals surface area contributed by atoms with Gasteiger partial charge in [0.25, 0.3) is 0 Å². The third kappa shape index (κ3) is 3.34. The second kappa shape index (κ2) is 7.77. The first-order valence-electron chi connectivity index (χ1n) is 9.69. The molecule has 0 atom stereocenters. The van der Waals surface area contributed by atoms with Gasteiger partial charge >= 0.3 is 0 Å². The SMILES string of the molecule is COc1cc(-c2ccccc2)cc(C(C)C)c1-n1cccc1-c1ccccc1. The van der Waals surface area contributed by atoms with Gasteiger partial charge in [-0.1, -0.05) is 74.5 Å². The lowest BCUT2D eigenvalue weighted by atomic mass is 9.94. The highest BCUT2D eigenvalue weighted by Crippen LogP contribution is 2.39. The summed E-state index contributed by atoms with van der Waals surface area (Å²) < 4.78 is 8.14. The molecule has 4 aromatic rings. The van der Waals surface area contributed by atoms with Gasteiger partial charge in [-0.25, -0.2) is 0 Å². The van der Waals surface area contributed by atoms with E-state index in [0.717, 1.165) is 17.1 Å². The van der Waals surface area contributed by atoms with Gasteiger partial charge in [0.1, 0.15) is 5.75 Å². The first-order chi connectivity index (χ1) is 13.7. The van der Waals surface area contributed by atoms with Gasteiger partial charge in [-0.3, -0.25) is 0 Å². The monoisotopic (exact) mass is 367 g/mol. The molecular weight excluding hydrogens is 342 g/mol. The van der Waals surface area contributed by atoms with Gasteiger partial charge in [0.2, 0.25) is 0 Å². The summed E-state index contributed by atoms with van der Waals surface area (Å²) in [6.45, 7) is 4.47. The minimum atomic E-state index is 0.360. The van der Waals surface area contributed by atoms with Gasteiger partial charge in [0.05, 0.1) is 18.5 Å². The molecule has 0 bridgehead atoms. The van der Waals surface area contributed by atoms with E-state index in [4.69, 9.17) is 4.74 Å². The Kier molecular flexibility index (Phi) is 5.03. The first-order valence-corrected chi connectivity index (χ1v) is 9.69. The molecule has 0 radical (unpaired) electrons. The summed E-state index contributed by atoms with van der Waals surface area (Å²) in [6.07, 6.45) is 2.12. The minimum Gasteiger partial charge on any atom is -0.495 e. The number of methoxy groups -OCH3 is 1. The molecule has 0 N–H and O–H groups in total. The van der Waals surface area contributed by atoms with Crippen molar-refractivity contribution >= 4 is 0 Å². The lowest BCUT2D eigenvalue weighted by Gasteiger charge is -2.21. The molecule has 2 nitrogen and oxygen atoms in total. The molecule has 0 amide bonds. The maximum atomic E-state index is 5.89. The molecule has 0 unspecified atom stereocenters. The number of rotatable bonds is 5. The number of hydrogen-bond acceptors (Lipinski definition) is 1. The van der Waals surface area contributed by atoms with Gasteiger partial charge in [-0.05, 0) is 52.4 Å². The summed E-state index contributed by atoms with van der Waals surface area (Å²) in [7, 11) is 1.75. The van der Waals surface area contributed by atoms with Crippen LogP contribution in [0, 0.1) is 0 Å². The van der Waals surface area contributed by atoms with Gasteiger partial charge in [0, 0.05) is 6.20 Å². The maximum Gasteiger partial charge on any atom is 0.143 e. The van der Waals surface area contributed by atoms with Crippen LogP contribution in [-0.2, 0) is 0 Å². The number of nitrogens with zero attached hydrogens (tertiary/aromatic N) is 1. The summed E-state index contributed by atoms with van der Waals surface area (Å²) >= 11 is 0. The number of ether oxygens (including phenoxy) is 1. The van der Waals surface area contributed by atoms with Gasteiger partial charge in [0.15, 0.2) is 0 Å². The lowest BCUT2D eigenvalue weighted by Crippen LogP contribution is -2.05. The summed E-state index contributed by atoms with van der Waals surface area (Å²) in [4.78, 5) is 0. The zero-order valence-electron chi connectivity index (χ0n) is 16.6. The smallest absolute Gasteiger partial charge is 0.143 e. The highest BCUT2D eigenvalue weighted by molar-refractivity contribution is 5.73. The van der Waals surface area contributed by atoms with Crippen molar-refractivity contribution in [2.75, 3.05) is 7.11 Å².